The van der Waals surface area contributed by atoms with E-state index in [0.29, 0.717) is 37.1 Å². The van der Waals surface area contributed by atoms with Crippen LogP contribution in [0, 0.1) is 0 Å². The summed E-state index contributed by atoms with van der Waals surface area (Å²) in [6, 6.07) is 4.63. The highest BCUT2D eigenvalue weighted by molar-refractivity contribution is 7.89. The van der Waals surface area contributed by atoms with Gasteiger partial charge in [-0.3, -0.25) is 0 Å². The normalized spacial score (nSPS) is 22.9. The molecule has 0 bridgehead atoms. The molecular formula is C13H16ClNO4S. The minimum Gasteiger partial charge on any atom is -0.486 e. The molecule has 110 valence electrons. The average Bonchev–Trinajstić information content (AvgIpc) is 2.96. The monoisotopic (exact) mass is 317 g/mol. The number of hydrogen-bond donors (Lipinski definition) is 0. The lowest BCUT2D eigenvalue weighted by atomic mass is 10.3. The van der Waals surface area contributed by atoms with Crippen molar-refractivity contribution in [2.24, 2.45) is 0 Å². The molecule has 0 N–H and O–H groups in total. The molecule has 3 rings (SSSR count). The van der Waals surface area contributed by atoms with Crippen molar-refractivity contribution in [3.63, 3.8) is 0 Å². The number of hydrogen-bond acceptors (Lipinski definition) is 4. The van der Waals surface area contributed by atoms with E-state index in [0.717, 1.165) is 12.8 Å². The van der Waals surface area contributed by atoms with Crippen molar-refractivity contribution in [1.29, 1.82) is 0 Å². The van der Waals surface area contributed by atoms with Gasteiger partial charge in [0.05, 0.1) is 4.90 Å². The molecule has 7 heteroatoms. The predicted molar refractivity (Wildman–Crippen MR) is 75.1 cm³/mol. The van der Waals surface area contributed by atoms with Gasteiger partial charge in [0.1, 0.15) is 13.2 Å². The summed E-state index contributed by atoms with van der Waals surface area (Å²) in [7, 11) is -3.52. The molecule has 0 aliphatic carbocycles. The number of halogens is 1. The molecule has 1 saturated heterocycles. The summed E-state index contributed by atoms with van der Waals surface area (Å²) in [5.74, 6) is 1.40. The van der Waals surface area contributed by atoms with Crippen LogP contribution in [0.1, 0.15) is 12.8 Å². The minimum atomic E-state index is -3.52. The number of benzene rings is 1. The summed E-state index contributed by atoms with van der Waals surface area (Å²) < 4.78 is 37.7. The van der Waals surface area contributed by atoms with Crippen molar-refractivity contribution in [3.8, 4) is 11.5 Å². The van der Waals surface area contributed by atoms with Crippen LogP contribution >= 0.6 is 11.6 Å². The van der Waals surface area contributed by atoms with Gasteiger partial charge >= 0.3 is 0 Å². The van der Waals surface area contributed by atoms with Gasteiger partial charge in [-0.25, -0.2) is 8.42 Å². The lowest BCUT2D eigenvalue weighted by molar-refractivity contribution is 0.171. The summed E-state index contributed by atoms with van der Waals surface area (Å²) in [5, 5.41) is 0. The molecule has 20 heavy (non-hydrogen) atoms. The minimum absolute atomic E-state index is 0.116. The molecular weight excluding hydrogens is 302 g/mol. The van der Waals surface area contributed by atoms with Gasteiger partial charge < -0.3 is 9.47 Å². The zero-order valence-corrected chi connectivity index (χ0v) is 12.5. The van der Waals surface area contributed by atoms with Crippen molar-refractivity contribution >= 4 is 21.6 Å². The summed E-state index contributed by atoms with van der Waals surface area (Å²) in [6.45, 7) is 1.44. The summed E-state index contributed by atoms with van der Waals surface area (Å²) >= 11 is 5.86. The van der Waals surface area contributed by atoms with Gasteiger partial charge in [0.15, 0.2) is 11.5 Å². The van der Waals surface area contributed by atoms with Crippen LogP contribution in [-0.2, 0) is 10.0 Å². The highest BCUT2D eigenvalue weighted by atomic mass is 35.5. The first-order valence-corrected chi connectivity index (χ1v) is 8.58. The fourth-order valence-corrected chi connectivity index (χ4v) is 4.71. The van der Waals surface area contributed by atoms with Crippen molar-refractivity contribution in [1.82, 2.24) is 4.31 Å². The summed E-state index contributed by atoms with van der Waals surface area (Å²) in [6.07, 6.45) is 1.66. The molecule has 1 aromatic carbocycles. The first-order chi connectivity index (χ1) is 9.63. The van der Waals surface area contributed by atoms with Crippen LogP contribution < -0.4 is 9.47 Å². The van der Waals surface area contributed by atoms with Crippen molar-refractivity contribution in [2.45, 2.75) is 23.8 Å². The largest absolute Gasteiger partial charge is 0.486 e. The molecule has 2 aliphatic rings. The Morgan fingerprint density at radius 2 is 2.00 bits per heavy atom. The molecule has 1 aromatic rings. The van der Waals surface area contributed by atoms with Crippen molar-refractivity contribution in [3.05, 3.63) is 18.2 Å². The van der Waals surface area contributed by atoms with Crippen LogP contribution in [0.2, 0.25) is 0 Å². The fraction of sp³-hybridized carbons (Fsp3) is 0.538. The number of ether oxygens (including phenoxy) is 2. The zero-order chi connectivity index (χ0) is 14.2. The topological polar surface area (TPSA) is 55.8 Å². The zero-order valence-electron chi connectivity index (χ0n) is 10.9. The van der Waals surface area contributed by atoms with Gasteiger partial charge in [0.2, 0.25) is 10.0 Å². The van der Waals surface area contributed by atoms with Gasteiger partial charge in [0.25, 0.3) is 0 Å². The highest BCUT2D eigenvalue weighted by Crippen LogP contribution is 2.34. The number of sulfonamides is 1. The Bertz CT molecular complexity index is 604. The van der Waals surface area contributed by atoms with Crippen LogP contribution in [0.25, 0.3) is 0 Å². The van der Waals surface area contributed by atoms with E-state index >= 15 is 0 Å². The Kier molecular flexibility index (Phi) is 3.79. The van der Waals surface area contributed by atoms with Crippen LogP contribution in [0.15, 0.2) is 23.1 Å². The van der Waals surface area contributed by atoms with Gasteiger partial charge in [-0.2, -0.15) is 4.31 Å². The third-order valence-corrected chi connectivity index (χ3v) is 5.93. The Hall–Kier alpha value is -0.980. The maximum atomic E-state index is 12.7. The van der Waals surface area contributed by atoms with Gasteiger partial charge in [0, 0.05) is 24.5 Å². The molecule has 0 saturated carbocycles. The molecule has 0 amide bonds. The Labute approximate surface area is 123 Å². The lowest BCUT2D eigenvalue weighted by Crippen LogP contribution is -2.36. The molecule has 0 aromatic heterocycles. The smallest absolute Gasteiger partial charge is 0.243 e. The van der Waals surface area contributed by atoms with Crippen molar-refractivity contribution in [2.75, 3.05) is 25.6 Å². The predicted octanol–water partition coefficient (Wildman–Crippen LogP) is 1.85. The van der Waals surface area contributed by atoms with E-state index in [-0.39, 0.29) is 10.9 Å². The molecule has 1 unspecified atom stereocenters. The third-order valence-electron chi connectivity index (χ3n) is 3.62. The number of rotatable bonds is 3. The van der Waals surface area contributed by atoms with Crippen LogP contribution in [0.5, 0.6) is 11.5 Å². The van der Waals surface area contributed by atoms with Crippen LogP contribution in [0.4, 0.5) is 0 Å². The van der Waals surface area contributed by atoms with E-state index < -0.39 is 10.0 Å². The quantitative estimate of drug-likeness (QED) is 0.798. The Balaban J connectivity index is 1.95. The van der Waals surface area contributed by atoms with Gasteiger partial charge in [-0.05, 0) is 25.0 Å². The summed E-state index contributed by atoms with van der Waals surface area (Å²) in [5.41, 5.74) is 0. The highest BCUT2D eigenvalue weighted by Gasteiger charge is 2.35. The first kappa shape index (κ1) is 14.0. The SMILES string of the molecule is O=S(=O)(c1ccc2c(c1)OCCO2)N1CCCC1CCl. The molecule has 0 radical (unpaired) electrons. The Morgan fingerprint density at radius 3 is 2.75 bits per heavy atom. The third kappa shape index (κ3) is 2.36. The van der Waals surface area contributed by atoms with Crippen LogP contribution in [0.3, 0.4) is 0 Å². The first-order valence-electron chi connectivity index (χ1n) is 6.60. The van der Waals surface area contributed by atoms with E-state index in [1.807, 2.05) is 0 Å². The lowest BCUT2D eigenvalue weighted by Gasteiger charge is -2.24. The number of nitrogens with zero attached hydrogens (tertiary/aromatic N) is 1. The second-order valence-corrected chi connectivity index (χ2v) is 7.07. The van der Waals surface area contributed by atoms with Crippen molar-refractivity contribution < 1.29 is 17.9 Å². The second kappa shape index (κ2) is 5.42. The van der Waals surface area contributed by atoms with E-state index in [9.17, 15) is 8.42 Å². The summed E-state index contributed by atoms with van der Waals surface area (Å²) in [4.78, 5) is 0.235. The average molecular weight is 318 g/mol. The molecule has 1 atom stereocenters. The maximum absolute atomic E-state index is 12.7. The van der Waals surface area contributed by atoms with E-state index in [1.54, 1.807) is 12.1 Å². The van der Waals surface area contributed by atoms with Crippen LogP contribution in [-0.4, -0.2) is 44.4 Å². The number of alkyl halides is 1. The van der Waals surface area contributed by atoms with Gasteiger partial charge in [-0.1, -0.05) is 0 Å². The Morgan fingerprint density at radius 1 is 1.25 bits per heavy atom. The molecule has 2 heterocycles. The van der Waals surface area contributed by atoms with E-state index in [2.05, 4.69) is 0 Å². The molecule has 2 aliphatic heterocycles. The molecule has 5 nitrogen and oxygen atoms in total. The number of fused-ring (bicyclic) bond motifs is 1. The van der Waals surface area contributed by atoms with E-state index in [4.69, 9.17) is 21.1 Å². The standard InChI is InChI=1S/C13H16ClNO4S/c14-9-10-2-1-5-15(10)20(16,17)11-3-4-12-13(8-11)19-7-6-18-12/h3-4,8,10H,1-2,5-7,9H2. The van der Waals surface area contributed by atoms with Gasteiger partial charge in [-0.15, -0.1) is 11.6 Å². The molecule has 0 spiro atoms. The fourth-order valence-electron chi connectivity index (χ4n) is 2.60. The second-order valence-electron chi connectivity index (χ2n) is 4.87. The van der Waals surface area contributed by atoms with E-state index in [1.165, 1.54) is 10.4 Å². The maximum Gasteiger partial charge on any atom is 0.243 e. The molecule has 1 fully saturated rings.